The third-order valence-corrected chi connectivity index (χ3v) is 5.16. The topological polar surface area (TPSA) is 88.9 Å². The lowest BCUT2D eigenvalue weighted by atomic mass is 10.1. The largest absolute Gasteiger partial charge is 0.350 e. The van der Waals surface area contributed by atoms with E-state index in [9.17, 15) is 9.59 Å². The van der Waals surface area contributed by atoms with Crippen molar-refractivity contribution in [2.75, 3.05) is 5.32 Å². The lowest BCUT2D eigenvalue weighted by molar-refractivity contribution is -0.111. The summed E-state index contributed by atoms with van der Waals surface area (Å²) in [4.78, 5) is 28.9. The zero-order valence-corrected chi connectivity index (χ0v) is 19.7. The Hall–Kier alpha value is -4.52. The van der Waals surface area contributed by atoms with Gasteiger partial charge in [-0.25, -0.2) is 0 Å². The van der Waals surface area contributed by atoms with Gasteiger partial charge in [0.2, 0.25) is 5.91 Å². The molecule has 0 saturated heterocycles. The molecule has 0 aliphatic rings. The highest BCUT2D eigenvalue weighted by molar-refractivity contribution is 6.02. The SMILES string of the molecule is CC(C)NC(=O)c1ccc(NC(=O)/C=C/c2cn(Cc3ccccc3)nc2-c2cccnc2)cc1. The maximum absolute atomic E-state index is 12.6. The van der Waals surface area contributed by atoms with Gasteiger partial charge in [-0.1, -0.05) is 30.3 Å². The molecule has 0 unspecified atom stereocenters. The first-order valence-electron chi connectivity index (χ1n) is 11.4. The molecule has 4 aromatic rings. The summed E-state index contributed by atoms with van der Waals surface area (Å²) in [5.41, 5.74) is 4.71. The summed E-state index contributed by atoms with van der Waals surface area (Å²) in [5.74, 6) is -0.425. The van der Waals surface area contributed by atoms with Crippen molar-refractivity contribution < 1.29 is 9.59 Å². The fourth-order valence-electron chi connectivity index (χ4n) is 3.54. The van der Waals surface area contributed by atoms with E-state index < -0.39 is 0 Å². The molecule has 7 nitrogen and oxygen atoms in total. The second-order valence-corrected chi connectivity index (χ2v) is 8.39. The number of amides is 2. The van der Waals surface area contributed by atoms with Crippen LogP contribution in [0.25, 0.3) is 17.3 Å². The summed E-state index contributed by atoms with van der Waals surface area (Å²) in [6.07, 6.45) is 8.61. The lowest BCUT2D eigenvalue weighted by Crippen LogP contribution is -2.29. The molecule has 7 heteroatoms. The molecule has 0 spiro atoms. The van der Waals surface area contributed by atoms with Crippen LogP contribution in [0, 0.1) is 0 Å². The summed E-state index contributed by atoms with van der Waals surface area (Å²) < 4.78 is 1.86. The van der Waals surface area contributed by atoms with Gasteiger partial charge in [-0.2, -0.15) is 5.10 Å². The summed E-state index contributed by atoms with van der Waals surface area (Å²) in [6, 6.07) is 20.7. The standard InChI is InChI=1S/C28H27N5O2/c1-20(2)30-28(35)22-10-13-25(14-11-22)31-26(34)15-12-24-19-33(18-21-7-4-3-5-8-21)32-27(24)23-9-6-16-29-17-23/h3-17,19-20H,18H2,1-2H3,(H,30,35)(H,31,34)/b15-12+. The van der Waals surface area contributed by atoms with Crippen molar-refractivity contribution in [3.63, 3.8) is 0 Å². The van der Waals surface area contributed by atoms with E-state index in [0.29, 0.717) is 17.8 Å². The van der Waals surface area contributed by atoms with Crippen LogP contribution in [0.15, 0.2) is 91.4 Å². The van der Waals surface area contributed by atoms with Gasteiger partial charge in [-0.3, -0.25) is 19.3 Å². The molecule has 2 heterocycles. The van der Waals surface area contributed by atoms with E-state index in [1.165, 1.54) is 6.08 Å². The van der Waals surface area contributed by atoms with Gasteiger partial charge in [0.1, 0.15) is 5.69 Å². The van der Waals surface area contributed by atoms with Crippen LogP contribution in [0.4, 0.5) is 5.69 Å². The highest BCUT2D eigenvalue weighted by Gasteiger charge is 2.11. The van der Waals surface area contributed by atoms with Crippen LogP contribution in [0.1, 0.15) is 35.3 Å². The zero-order chi connectivity index (χ0) is 24.6. The molecule has 0 atom stereocenters. The van der Waals surface area contributed by atoms with Crippen LogP contribution in [0.2, 0.25) is 0 Å². The summed E-state index contributed by atoms with van der Waals surface area (Å²) in [6.45, 7) is 4.43. The Morgan fingerprint density at radius 1 is 1.00 bits per heavy atom. The van der Waals surface area contributed by atoms with Gasteiger partial charge in [0, 0.05) is 53.1 Å². The number of benzene rings is 2. The van der Waals surface area contributed by atoms with Crippen LogP contribution in [0.5, 0.6) is 0 Å². The number of carbonyl (C=O) groups is 2. The second kappa shape index (κ2) is 11.1. The molecular weight excluding hydrogens is 438 g/mol. The molecular formula is C28H27N5O2. The van der Waals surface area contributed by atoms with Crippen molar-refractivity contribution in [2.45, 2.75) is 26.4 Å². The Balaban J connectivity index is 1.49. The van der Waals surface area contributed by atoms with Crippen LogP contribution >= 0.6 is 0 Å². The van der Waals surface area contributed by atoms with Gasteiger partial charge in [-0.05, 0) is 61.9 Å². The Kier molecular flexibility index (Phi) is 7.47. The number of nitrogens with one attached hydrogen (secondary N) is 2. The fraction of sp³-hybridized carbons (Fsp3) is 0.143. The normalized spacial score (nSPS) is 11.1. The lowest BCUT2D eigenvalue weighted by Gasteiger charge is -2.09. The molecule has 0 aliphatic carbocycles. The van der Waals surface area contributed by atoms with Gasteiger partial charge in [0.25, 0.3) is 5.91 Å². The van der Waals surface area contributed by atoms with Gasteiger partial charge >= 0.3 is 0 Å². The van der Waals surface area contributed by atoms with Crippen LogP contribution in [0.3, 0.4) is 0 Å². The molecule has 0 fully saturated rings. The number of nitrogens with zero attached hydrogens (tertiary/aromatic N) is 3. The van der Waals surface area contributed by atoms with E-state index in [-0.39, 0.29) is 17.9 Å². The van der Waals surface area contributed by atoms with Crippen molar-refractivity contribution in [2.24, 2.45) is 0 Å². The number of carbonyl (C=O) groups excluding carboxylic acids is 2. The van der Waals surface area contributed by atoms with Crippen LogP contribution < -0.4 is 10.6 Å². The van der Waals surface area contributed by atoms with Crippen molar-refractivity contribution in [1.29, 1.82) is 0 Å². The first kappa shape index (κ1) is 23.6. The van der Waals surface area contributed by atoms with Crippen molar-refractivity contribution in [3.8, 4) is 11.3 Å². The minimum atomic E-state index is -0.280. The Morgan fingerprint density at radius 2 is 1.77 bits per heavy atom. The molecule has 176 valence electrons. The molecule has 2 aromatic carbocycles. The zero-order valence-electron chi connectivity index (χ0n) is 19.7. The molecule has 0 radical (unpaired) electrons. The van der Waals surface area contributed by atoms with E-state index in [4.69, 9.17) is 5.10 Å². The minimum absolute atomic E-state index is 0.0561. The molecule has 2 aromatic heterocycles. The predicted molar refractivity (Wildman–Crippen MR) is 138 cm³/mol. The number of anilines is 1. The molecule has 2 N–H and O–H groups in total. The molecule has 2 amide bonds. The smallest absolute Gasteiger partial charge is 0.251 e. The van der Waals surface area contributed by atoms with E-state index >= 15 is 0 Å². The van der Waals surface area contributed by atoms with E-state index in [1.54, 1.807) is 42.7 Å². The number of aromatic nitrogens is 3. The van der Waals surface area contributed by atoms with Crippen molar-refractivity contribution in [3.05, 3.63) is 108 Å². The predicted octanol–water partition coefficient (Wildman–Crippen LogP) is 4.78. The van der Waals surface area contributed by atoms with E-state index in [1.807, 2.05) is 67.2 Å². The van der Waals surface area contributed by atoms with Crippen LogP contribution in [-0.4, -0.2) is 32.6 Å². The molecule has 4 rings (SSSR count). The first-order valence-corrected chi connectivity index (χ1v) is 11.4. The number of pyridine rings is 1. The number of hydrogen-bond donors (Lipinski definition) is 2. The van der Waals surface area contributed by atoms with Gasteiger partial charge < -0.3 is 10.6 Å². The van der Waals surface area contributed by atoms with E-state index in [0.717, 1.165) is 22.4 Å². The Morgan fingerprint density at radius 3 is 2.46 bits per heavy atom. The Labute approximate surface area is 204 Å². The summed E-state index contributed by atoms with van der Waals surface area (Å²) in [5, 5.41) is 10.4. The monoisotopic (exact) mass is 465 g/mol. The molecule has 0 bridgehead atoms. The quantitative estimate of drug-likeness (QED) is 0.367. The summed E-state index contributed by atoms with van der Waals surface area (Å²) >= 11 is 0. The second-order valence-electron chi connectivity index (χ2n) is 8.39. The molecule has 0 aliphatic heterocycles. The highest BCUT2D eigenvalue weighted by atomic mass is 16.2. The minimum Gasteiger partial charge on any atom is -0.350 e. The number of hydrogen-bond acceptors (Lipinski definition) is 4. The first-order chi connectivity index (χ1) is 17.0. The maximum atomic E-state index is 12.6. The summed E-state index contributed by atoms with van der Waals surface area (Å²) in [7, 11) is 0. The maximum Gasteiger partial charge on any atom is 0.251 e. The Bertz CT molecular complexity index is 1310. The van der Waals surface area contributed by atoms with Crippen LogP contribution in [-0.2, 0) is 11.3 Å². The average molecular weight is 466 g/mol. The van der Waals surface area contributed by atoms with Crippen molar-refractivity contribution >= 4 is 23.6 Å². The molecule has 0 saturated carbocycles. The van der Waals surface area contributed by atoms with Gasteiger partial charge in [0.15, 0.2) is 0 Å². The molecule has 35 heavy (non-hydrogen) atoms. The third kappa shape index (κ3) is 6.51. The number of rotatable bonds is 8. The van der Waals surface area contributed by atoms with Crippen molar-refractivity contribution in [1.82, 2.24) is 20.1 Å². The van der Waals surface area contributed by atoms with Gasteiger partial charge in [-0.15, -0.1) is 0 Å². The van der Waals surface area contributed by atoms with Gasteiger partial charge in [0.05, 0.1) is 6.54 Å². The average Bonchev–Trinajstić information content (AvgIpc) is 3.26. The highest BCUT2D eigenvalue weighted by Crippen LogP contribution is 2.23. The fourth-order valence-corrected chi connectivity index (χ4v) is 3.54. The third-order valence-electron chi connectivity index (χ3n) is 5.16. The van der Waals surface area contributed by atoms with E-state index in [2.05, 4.69) is 15.6 Å².